The van der Waals surface area contributed by atoms with Crippen LogP contribution in [-0.2, 0) is 11.3 Å². The quantitative estimate of drug-likeness (QED) is 0.521. The van der Waals surface area contributed by atoms with Crippen LogP contribution in [0, 0.1) is 0 Å². The molecule has 29 heavy (non-hydrogen) atoms. The number of nitrogens with zero attached hydrogens (tertiary/aromatic N) is 1. The third-order valence-corrected chi connectivity index (χ3v) is 5.82. The fourth-order valence-corrected chi connectivity index (χ4v) is 3.79. The predicted octanol–water partition coefficient (Wildman–Crippen LogP) is 5.76. The zero-order valence-corrected chi connectivity index (χ0v) is 18.0. The lowest BCUT2D eigenvalue weighted by molar-refractivity contribution is -0.123. The Kier molecular flexibility index (Phi) is 6.87. The lowest BCUT2D eigenvalue weighted by Gasteiger charge is -2.16. The molecule has 1 atom stereocenters. The summed E-state index contributed by atoms with van der Waals surface area (Å²) in [5.74, 6) is 0.888. The maximum atomic E-state index is 12.8. The van der Waals surface area contributed by atoms with E-state index in [1.54, 1.807) is 31.4 Å². The molecule has 1 aliphatic heterocycles. The number of ether oxygens (including phenoxy) is 2. The molecule has 0 unspecified atom stereocenters. The van der Waals surface area contributed by atoms with E-state index in [1.165, 1.54) is 4.90 Å². The Morgan fingerprint density at radius 2 is 1.93 bits per heavy atom. The summed E-state index contributed by atoms with van der Waals surface area (Å²) in [6.07, 6.45) is 2.63. The first kappa shape index (κ1) is 21.3. The Morgan fingerprint density at radius 3 is 2.62 bits per heavy atom. The Hall–Kier alpha value is -2.44. The van der Waals surface area contributed by atoms with Crippen LogP contribution in [0.1, 0.15) is 31.4 Å². The smallest absolute Gasteiger partial charge is 0.293 e. The van der Waals surface area contributed by atoms with E-state index in [0.29, 0.717) is 21.4 Å². The van der Waals surface area contributed by atoms with E-state index < -0.39 is 0 Å². The highest BCUT2D eigenvalue weighted by atomic mass is 35.5. The minimum atomic E-state index is -0.334. The number of halogens is 1. The lowest BCUT2D eigenvalue weighted by Crippen LogP contribution is -2.27. The largest absolute Gasteiger partial charge is 0.493 e. The van der Waals surface area contributed by atoms with Crippen LogP contribution in [-0.4, -0.2) is 29.3 Å². The second-order valence-electron chi connectivity index (χ2n) is 6.61. The molecule has 0 aromatic heterocycles. The van der Waals surface area contributed by atoms with E-state index in [2.05, 4.69) is 0 Å². The van der Waals surface area contributed by atoms with Crippen LogP contribution < -0.4 is 9.47 Å². The number of benzene rings is 2. The van der Waals surface area contributed by atoms with Crippen LogP contribution in [0.25, 0.3) is 6.08 Å². The van der Waals surface area contributed by atoms with Gasteiger partial charge in [0.1, 0.15) is 0 Å². The van der Waals surface area contributed by atoms with Crippen molar-refractivity contribution < 1.29 is 19.1 Å². The fourth-order valence-electron chi connectivity index (χ4n) is 2.76. The molecular formula is C22H22ClNO4S. The molecular weight excluding hydrogens is 410 g/mol. The van der Waals surface area contributed by atoms with Crippen LogP contribution in [0.4, 0.5) is 4.79 Å². The molecule has 1 heterocycles. The van der Waals surface area contributed by atoms with Crippen LogP contribution in [0.2, 0.25) is 5.02 Å². The molecule has 0 aliphatic carbocycles. The van der Waals surface area contributed by atoms with Crippen molar-refractivity contribution in [1.82, 2.24) is 4.90 Å². The molecule has 152 valence electrons. The van der Waals surface area contributed by atoms with E-state index in [9.17, 15) is 9.59 Å². The first-order valence-corrected chi connectivity index (χ1v) is 10.5. The summed E-state index contributed by atoms with van der Waals surface area (Å²) in [6, 6.07) is 12.6. The Balaban J connectivity index is 1.81. The second-order valence-corrected chi connectivity index (χ2v) is 8.01. The molecule has 0 saturated carbocycles. The van der Waals surface area contributed by atoms with E-state index in [4.69, 9.17) is 21.1 Å². The van der Waals surface area contributed by atoms with Crippen molar-refractivity contribution in [2.24, 2.45) is 0 Å². The molecule has 3 rings (SSSR count). The minimum Gasteiger partial charge on any atom is -0.493 e. The number of hydrogen-bond acceptors (Lipinski definition) is 5. The number of carbonyl (C=O) groups excluding carboxylic acids is 2. The van der Waals surface area contributed by atoms with Gasteiger partial charge in [0.05, 0.1) is 24.7 Å². The highest BCUT2D eigenvalue weighted by Crippen LogP contribution is 2.36. The van der Waals surface area contributed by atoms with Gasteiger partial charge in [0.2, 0.25) is 0 Å². The summed E-state index contributed by atoms with van der Waals surface area (Å²) >= 11 is 7.08. The number of thioether (sulfide) groups is 1. The van der Waals surface area contributed by atoms with Crippen molar-refractivity contribution in [3.8, 4) is 11.5 Å². The second kappa shape index (κ2) is 9.37. The van der Waals surface area contributed by atoms with Gasteiger partial charge in [0.15, 0.2) is 11.5 Å². The molecule has 1 saturated heterocycles. The Bertz CT molecular complexity index is 960. The molecule has 5 nitrogen and oxygen atoms in total. The molecule has 2 aromatic rings. The molecule has 2 amide bonds. The van der Waals surface area contributed by atoms with Gasteiger partial charge in [-0.05, 0) is 60.5 Å². The zero-order chi connectivity index (χ0) is 21.0. The van der Waals surface area contributed by atoms with Crippen LogP contribution in [0.15, 0.2) is 47.4 Å². The lowest BCUT2D eigenvalue weighted by atomic mass is 10.1. The van der Waals surface area contributed by atoms with Crippen molar-refractivity contribution in [3.63, 3.8) is 0 Å². The average Bonchev–Trinajstić information content (AvgIpc) is 2.97. The first-order chi connectivity index (χ1) is 13.9. The zero-order valence-electron chi connectivity index (χ0n) is 16.5. The van der Waals surface area contributed by atoms with Crippen molar-refractivity contribution in [1.29, 1.82) is 0 Å². The van der Waals surface area contributed by atoms with Crippen molar-refractivity contribution in [3.05, 3.63) is 63.5 Å². The molecule has 0 spiro atoms. The van der Waals surface area contributed by atoms with Crippen molar-refractivity contribution in [2.75, 3.05) is 7.11 Å². The van der Waals surface area contributed by atoms with Crippen molar-refractivity contribution >= 4 is 40.6 Å². The topological polar surface area (TPSA) is 55.8 Å². The first-order valence-electron chi connectivity index (χ1n) is 9.26. The summed E-state index contributed by atoms with van der Waals surface area (Å²) in [5.41, 5.74) is 1.48. The fraction of sp³-hybridized carbons (Fsp3) is 0.273. The van der Waals surface area contributed by atoms with Gasteiger partial charge in [-0.2, -0.15) is 0 Å². The van der Waals surface area contributed by atoms with Gasteiger partial charge < -0.3 is 9.47 Å². The summed E-state index contributed by atoms with van der Waals surface area (Å²) in [5, 5.41) is 0.210. The molecule has 0 N–H and O–H groups in total. The molecule has 0 radical (unpaired) electrons. The molecule has 1 fully saturated rings. The SMILES string of the molecule is CC[C@@H](C)Oc1ccc(/C=C2\SC(=O)N(Cc3ccccc3Cl)C2=O)cc1OC. The van der Waals surface area contributed by atoms with Gasteiger partial charge in [-0.15, -0.1) is 0 Å². The Labute approximate surface area is 179 Å². The normalized spacial score (nSPS) is 16.4. The van der Waals surface area contributed by atoms with E-state index in [1.807, 2.05) is 38.1 Å². The third-order valence-electron chi connectivity index (χ3n) is 4.55. The van der Waals surface area contributed by atoms with E-state index in [-0.39, 0.29) is 23.8 Å². The van der Waals surface area contributed by atoms with Crippen molar-refractivity contribution in [2.45, 2.75) is 32.9 Å². The molecule has 1 aliphatic rings. The van der Waals surface area contributed by atoms with E-state index >= 15 is 0 Å². The highest BCUT2D eigenvalue weighted by molar-refractivity contribution is 8.18. The van der Waals surface area contributed by atoms with Crippen LogP contribution in [0.5, 0.6) is 11.5 Å². The average molecular weight is 432 g/mol. The minimum absolute atomic E-state index is 0.0658. The number of hydrogen-bond donors (Lipinski definition) is 0. The van der Waals surface area contributed by atoms with E-state index in [0.717, 1.165) is 29.3 Å². The number of carbonyl (C=O) groups is 2. The monoisotopic (exact) mass is 431 g/mol. The standard InChI is InChI=1S/C22H22ClNO4S/c1-4-14(2)28-18-10-9-15(11-19(18)27-3)12-20-21(25)24(22(26)29-20)13-16-7-5-6-8-17(16)23/h5-12,14H,4,13H2,1-3H3/b20-12-/t14-/m1/s1. The number of imide groups is 1. The summed E-state index contributed by atoms with van der Waals surface area (Å²) in [4.78, 5) is 26.7. The van der Waals surface area contributed by atoms with Gasteiger partial charge in [-0.1, -0.05) is 42.8 Å². The number of amides is 2. The maximum Gasteiger partial charge on any atom is 0.293 e. The van der Waals surface area contributed by atoms with Crippen LogP contribution in [0.3, 0.4) is 0 Å². The van der Waals surface area contributed by atoms with Gasteiger partial charge in [-0.25, -0.2) is 0 Å². The third kappa shape index (κ3) is 4.95. The molecule has 2 aromatic carbocycles. The van der Waals surface area contributed by atoms with Gasteiger partial charge in [0.25, 0.3) is 11.1 Å². The predicted molar refractivity (Wildman–Crippen MR) is 116 cm³/mol. The van der Waals surface area contributed by atoms with Gasteiger partial charge in [-0.3, -0.25) is 14.5 Å². The Morgan fingerprint density at radius 1 is 1.17 bits per heavy atom. The molecule has 0 bridgehead atoms. The summed E-state index contributed by atoms with van der Waals surface area (Å²) in [7, 11) is 1.57. The van der Waals surface area contributed by atoms with Crippen LogP contribution >= 0.6 is 23.4 Å². The van der Waals surface area contributed by atoms with Gasteiger partial charge in [0, 0.05) is 5.02 Å². The molecule has 7 heteroatoms. The number of rotatable bonds is 7. The maximum absolute atomic E-state index is 12.8. The number of methoxy groups -OCH3 is 1. The van der Waals surface area contributed by atoms with Gasteiger partial charge >= 0.3 is 0 Å². The summed E-state index contributed by atoms with van der Waals surface area (Å²) < 4.78 is 11.3. The summed E-state index contributed by atoms with van der Waals surface area (Å²) in [6.45, 7) is 4.18. The highest BCUT2D eigenvalue weighted by Gasteiger charge is 2.35.